The van der Waals surface area contributed by atoms with E-state index in [0.717, 1.165) is 41.4 Å². The zero-order chi connectivity index (χ0) is 10.5. The molecule has 0 aliphatic heterocycles. The third-order valence-corrected chi connectivity index (χ3v) is 6.07. The molecule has 0 aromatic carbocycles. The van der Waals surface area contributed by atoms with E-state index in [4.69, 9.17) is 2.74 Å². The molecular weight excluding hydrogens is 156 g/mol. The lowest BCUT2D eigenvalue weighted by Gasteiger charge is -3.08. The molecule has 6 rings (SSSR count). The van der Waals surface area contributed by atoms with Crippen molar-refractivity contribution in [1.29, 1.82) is 0 Å². The van der Waals surface area contributed by atoms with E-state index in [1.807, 2.05) is 0 Å². The van der Waals surface area contributed by atoms with E-state index in [9.17, 15) is 0 Å². The molecule has 0 nitrogen and oxygen atoms in total. The average Bonchev–Trinajstić information content (AvgIpc) is 2.16. The van der Waals surface area contributed by atoms with Crippen molar-refractivity contribution in [3.8, 4) is 0 Å². The topological polar surface area (TPSA) is 0 Å². The molecule has 6 aliphatic rings. The fourth-order valence-electron chi connectivity index (χ4n) is 6.33. The average molecular weight is 176 g/mol. The summed E-state index contributed by atoms with van der Waals surface area (Å²) in [6, 6.07) is 0. The van der Waals surface area contributed by atoms with Gasteiger partial charge in [0.05, 0.1) is 0 Å². The molecule has 70 valence electrons. The lowest BCUT2D eigenvalue weighted by Crippen LogP contribution is -3.05. The normalized spacial score (nSPS) is 81.6. The highest BCUT2D eigenvalue weighted by Crippen LogP contribution is 3.06. The fraction of sp³-hybridized carbons (Fsp3) is 1.00. The Hall–Kier alpha value is 0. The quantitative estimate of drug-likeness (QED) is 0.576. The van der Waals surface area contributed by atoms with Gasteiger partial charge in [0.1, 0.15) is 0 Å². The molecular formula is C13H18. The Morgan fingerprint density at radius 1 is 1.00 bits per heavy atom. The minimum atomic E-state index is -0.922. The van der Waals surface area contributed by atoms with Crippen LogP contribution in [0.4, 0.5) is 0 Å². The van der Waals surface area contributed by atoms with E-state index in [1.54, 1.807) is 0 Å². The monoisotopic (exact) mass is 176 g/mol. The molecule has 0 N–H and O–H groups in total. The third-order valence-electron chi connectivity index (χ3n) is 6.07. The van der Waals surface area contributed by atoms with Gasteiger partial charge >= 0.3 is 0 Å². The van der Waals surface area contributed by atoms with E-state index < -0.39 is 6.37 Å². The summed E-state index contributed by atoms with van der Waals surface area (Å²) in [5.74, 6) is 6.60. The Labute approximate surface area is 82.9 Å². The number of hydrogen-bond acceptors (Lipinski definition) is 0. The summed E-state index contributed by atoms with van der Waals surface area (Å²) >= 11 is 0. The van der Waals surface area contributed by atoms with Crippen molar-refractivity contribution in [2.24, 2.45) is 52.3 Å². The molecule has 0 spiro atoms. The molecule has 6 aliphatic carbocycles. The third kappa shape index (κ3) is 0.333. The van der Waals surface area contributed by atoms with Gasteiger partial charge < -0.3 is 0 Å². The molecule has 0 radical (unpaired) electrons. The van der Waals surface area contributed by atoms with Crippen molar-refractivity contribution in [3.05, 3.63) is 0 Å². The van der Waals surface area contributed by atoms with E-state index in [0.29, 0.717) is 0 Å². The van der Waals surface area contributed by atoms with Crippen molar-refractivity contribution in [2.75, 3.05) is 0 Å². The summed E-state index contributed by atoms with van der Waals surface area (Å²) in [5.41, 5.74) is 0.00678. The first kappa shape index (κ1) is 5.19. The summed E-state index contributed by atoms with van der Waals surface area (Å²) in [6.45, 7) is 6.28. The van der Waals surface area contributed by atoms with Gasteiger partial charge in [0, 0.05) is 2.74 Å². The summed E-state index contributed by atoms with van der Waals surface area (Å²) in [7, 11) is 0. The SMILES string of the molecule is [2H]C([2H])(C(C)(C)C)C12C3C4C5C3C1C5C42. The van der Waals surface area contributed by atoms with E-state index in [2.05, 4.69) is 20.8 Å². The van der Waals surface area contributed by atoms with Crippen molar-refractivity contribution in [1.82, 2.24) is 0 Å². The Kier molecular flexibility index (Phi) is 0.501. The summed E-state index contributed by atoms with van der Waals surface area (Å²) < 4.78 is 17.1. The smallest absolute Gasteiger partial charge is 0.0278 e. The van der Waals surface area contributed by atoms with Crippen molar-refractivity contribution >= 4 is 0 Å². The molecule has 0 bridgehead atoms. The zero-order valence-electron chi connectivity index (χ0n) is 10.5. The van der Waals surface area contributed by atoms with Gasteiger partial charge in [-0.3, -0.25) is 0 Å². The van der Waals surface area contributed by atoms with Crippen LogP contribution >= 0.6 is 0 Å². The van der Waals surface area contributed by atoms with Crippen LogP contribution in [0.5, 0.6) is 0 Å². The van der Waals surface area contributed by atoms with Crippen LogP contribution in [-0.2, 0) is 0 Å². The van der Waals surface area contributed by atoms with Crippen LogP contribution in [0.1, 0.15) is 29.9 Å². The second-order valence-corrected chi connectivity index (χ2v) is 7.19. The van der Waals surface area contributed by atoms with Crippen LogP contribution in [0, 0.1) is 52.3 Å². The summed E-state index contributed by atoms with van der Waals surface area (Å²) in [5, 5.41) is 0. The Morgan fingerprint density at radius 3 is 1.85 bits per heavy atom. The maximum Gasteiger partial charge on any atom is 0.0278 e. The Morgan fingerprint density at radius 2 is 1.46 bits per heavy atom. The van der Waals surface area contributed by atoms with Crippen molar-refractivity contribution in [2.45, 2.75) is 27.1 Å². The first-order chi connectivity index (χ1) is 6.87. The predicted molar refractivity (Wildman–Crippen MR) is 50.9 cm³/mol. The molecule has 0 saturated heterocycles. The molecule has 0 heteroatoms. The summed E-state index contributed by atoms with van der Waals surface area (Å²) in [6.07, 6.45) is -0.922. The molecule has 0 unspecified atom stereocenters. The highest BCUT2D eigenvalue weighted by molar-refractivity contribution is 5.50. The molecule has 0 atom stereocenters. The largest absolute Gasteiger partial charge is 0.0602 e. The van der Waals surface area contributed by atoms with Gasteiger partial charge in [0.15, 0.2) is 0 Å². The van der Waals surface area contributed by atoms with Crippen LogP contribution < -0.4 is 0 Å². The van der Waals surface area contributed by atoms with Gasteiger partial charge in [-0.05, 0) is 58.6 Å². The van der Waals surface area contributed by atoms with Gasteiger partial charge in [-0.2, -0.15) is 0 Å². The second kappa shape index (κ2) is 1.26. The Bertz CT molecular complexity index is 352. The molecule has 6 saturated carbocycles. The molecule has 13 heavy (non-hydrogen) atoms. The van der Waals surface area contributed by atoms with Crippen LogP contribution in [0.15, 0.2) is 0 Å². The van der Waals surface area contributed by atoms with Crippen LogP contribution in [0.3, 0.4) is 0 Å². The van der Waals surface area contributed by atoms with Crippen molar-refractivity contribution in [3.63, 3.8) is 0 Å². The predicted octanol–water partition coefficient (Wildman–Crippen LogP) is 2.79. The highest BCUT2D eigenvalue weighted by Gasteiger charge is 3.03. The van der Waals surface area contributed by atoms with E-state index in [1.165, 1.54) is 0 Å². The van der Waals surface area contributed by atoms with Gasteiger partial charge in [-0.15, -0.1) is 0 Å². The lowest BCUT2D eigenvalue weighted by molar-refractivity contribution is -0.618. The van der Waals surface area contributed by atoms with Crippen LogP contribution in [0.25, 0.3) is 0 Å². The minimum absolute atomic E-state index is 0.174. The van der Waals surface area contributed by atoms with Crippen LogP contribution in [-0.4, -0.2) is 0 Å². The standard InChI is InChI=1S/C13H18/c1-12(2,3)4-13-9-6-5-7(9)11(13)8(5)10(6)13/h5-11H,4H2,1-3H3/i4D2. The zero-order valence-corrected chi connectivity index (χ0v) is 8.54. The van der Waals surface area contributed by atoms with E-state index in [-0.39, 0.29) is 10.8 Å². The summed E-state index contributed by atoms with van der Waals surface area (Å²) in [4.78, 5) is 0. The van der Waals surface area contributed by atoms with Gasteiger partial charge in [-0.25, -0.2) is 0 Å². The molecule has 0 aromatic heterocycles. The van der Waals surface area contributed by atoms with E-state index >= 15 is 0 Å². The number of hydrogen-bond donors (Lipinski definition) is 0. The molecule has 6 fully saturated rings. The van der Waals surface area contributed by atoms with Crippen molar-refractivity contribution < 1.29 is 2.74 Å². The highest BCUT2D eigenvalue weighted by atomic mass is 15.1. The first-order valence-corrected chi connectivity index (χ1v) is 5.87. The minimum Gasteiger partial charge on any atom is -0.0602 e. The maximum atomic E-state index is 8.56. The molecule has 0 aromatic rings. The molecule has 0 amide bonds. The first-order valence-electron chi connectivity index (χ1n) is 6.87. The molecule has 0 heterocycles. The Balaban J connectivity index is 1.63. The maximum absolute atomic E-state index is 8.56. The second-order valence-electron chi connectivity index (χ2n) is 7.19. The fourth-order valence-corrected chi connectivity index (χ4v) is 6.33. The van der Waals surface area contributed by atoms with Gasteiger partial charge in [0.25, 0.3) is 0 Å². The van der Waals surface area contributed by atoms with Gasteiger partial charge in [0.2, 0.25) is 0 Å². The van der Waals surface area contributed by atoms with Crippen LogP contribution in [0.2, 0.25) is 0 Å². The lowest BCUT2D eigenvalue weighted by atomic mass is 8.96. The number of rotatable bonds is 1. The van der Waals surface area contributed by atoms with Gasteiger partial charge in [-0.1, -0.05) is 20.8 Å².